The Morgan fingerprint density at radius 3 is 2.67 bits per heavy atom. The number of likely N-dealkylation sites (N-methyl/N-ethyl adjacent to an activating group) is 1. The van der Waals surface area contributed by atoms with Crippen molar-refractivity contribution in [3.8, 4) is 0 Å². The lowest BCUT2D eigenvalue weighted by Crippen LogP contribution is -2.36. The van der Waals surface area contributed by atoms with Gasteiger partial charge in [0, 0.05) is 12.7 Å². The first-order valence-corrected chi connectivity index (χ1v) is 10.2. The summed E-state index contributed by atoms with van der Waals surface area (Å²) < 4.78 is 0.978. The number of fused-ring (bicyclic) bond motifs is 1. The third kappa shape index (κ3) is 4.64. The number of aryl methyl sites for hydroxylation is 2. The summed E-state index contributed by atoms with van der Waals surface area (Å²) in [5.74, 6) is -0.118. The molecule has 0 aliphatic heterocycles. The SMILES string of the molecule is Cc1cccc(C)c1NC(=O)CN(C)C(=O)CSc1ncnc2ccsc12. The third-order valence-electron chi connectivity index (χ3n) is 4.09. The number of hydrogen-bond donors (Lipinski definition) is 1. The maximum Gasteiger partial charge on any atom is 0.243 e. The van der Waals surface area contributed by atoms with Crippen LogP contribution in [0.25, 0.3) is 10.2 Å². The zero-order valence-electron chi connectivity index (χ0n) is 15.4. The molecule has 3 aromatic rings. The van der Waals surface area contributed by atoms with Crippen LogP contribution in [-0.4, -0.2) is 46.0 Å². The topological polar surface area (TPSA) is 75.2 Å². The van der Waals surface area contributed by atoms with Gasteiger partial charge in [0.25, 0.3) is 0 Å². The summed E-state index contributed by atoms with van der Waals surface area (Å²) in [5, 5.41) is 5.64. The van der Waals surface area contributed by atoms with Crippen molar-refractivity contribution in [2.75, 3.05) is 24.7 Å². The second-order valence-electron chi connectivity index (χ2n) is 6.17. The minimum atomic E-state index is -0.212. The van der Waals surface area contributed by atoms with Gasteiger partial charge in [-0.2, -0.15) is 0 Å². The number of benzene rings is 1. The van der Waals surface area contributed by atoms with E-state index in [1.807, 2.05) is 43.5 Å². The molecule has 0 saturated carbocycles. The molecular formula is C19H20N4O2S2. The molecule has 0 spiro atoms. The van der Waals surface area contributed by atoms with Crippen molar-refractivity contribution < 1.29 is 9.59 Å². The van der Waals surface area contributed by atoms with Gasteiger partial charge in [0.15, 0.2) is 0 Å². The van der Waals surface area contributed by atoms with Crippen LogP contribution in [-0.2, 0) is 9.59 Å². The lowest BCUT2D eigenvalue weighted by atomic mass is 10.1. The summed E-state index contributed by atoms with van der Waals surface area (Å²) in [4.78, 5) is 34.6. The molecule has 2 aromatic heterocycles. The molecule has 0 saturated heterocycles. The average molecular weight is 401 g/mol. The predicted molar refractivity (Wildman–Crippen MR) is 110 cm³/mol. The molecule has 1 aromatic carbocycles. The minimum absolute atomic E-state index is 0.00531. The second kappa shape index (κ2) is 8.49. The lowest BCUT2D eigenvalue weighted by molar-refractivity contribution is -0.131. The van der Waals surface area contributed by atoms with E-state index >= 15 is 0 Å². The lowest BCUT2D eigenvalue weighted by Gasteiger charge is -2.18. The quantitative estimate of drug-likeness (QED) is 0.506. The molecular weight excluding hydrogens is 380 g/mol. The van der Waals surface area contributed by atoms with Crippen LogP contribution in [0.15, 0.2) is 41.0 Å². The highest BCUT2D eigenvalue weighted by atomic mass is 32.2. The average Bonchev–Trinajstić information content (AvgIpc) is 3.12. The van der Waals surface area contributed by atoms with Crippen LogP contribution in [0.5, 0.6) is 0 Å². The Morgan fingerprint density at radius 2 is 1.93 bits per heavy atom. The van der Waals surface area contributed by atoms with Crippen LogP contribution >= 0.6 is 23.1 Å². The van der Waals surface area contributed by atoms with E-state index in [9.17, 15) is 9.59 Å². The number of para-hydroxylation sites is 1. The van der Waals surface area contributed by atoms with Crippen molar-refractivity contribution in [1.29, 1.82) is 0 Å². The first-order valence-electron chi connectivity index (χ1n) is 8.36. The minimum Gasteiger partial charge on any atom is -0.336 e. The van der Waals surface area contributed by atoms with Crippen molar-refractivity contribution in [3.63, 3.8) is 0 Å². The highest BCUT2D eigenvalue weighted by Crippen LogP contribution is 2.28. The van der Waals surface area contributed by atoms with Crippen LogP contribution in [0.4, 0.5) is 5.69 Å². The zero-order chi connectivity index (χ0) is 19.4. The Bertz CT molecular complexity index is 967. The molecule has 0 bridgehead atoms. The van der Waals surface area contributed by atoms with Gasteiger partial charge < -0.3 is 10.2 Å². The predicted octanol–water partition coefficient (Wildman–Crippen LogP) is 3.50. The molecule has 3 rings (SSSR count). The fraction of sp³-hybridized carbons (Fsp3) is 0.263. The molecule has 6 nitrogen and oxygen atoms in total. The number of carbonyl (C=O) groups is 2. The van der Waals surface area contributed by atoms with Crippen LogP contribution in [0.3, 0.4) is 0 Å². The molecule has 0 fully saturated rings. The molecule has 0 atom stereocenters. The van der Waals surface area contributed by atoms with Crippen LogP contribution in [0, 0.1) is 13.8 Å². The molecule has 2 amide bonds. The molecule has 8 heteroatoms. The first kappa shape index (κ1) is 19.3. The van der Waals surface area contributed by atoms with Crippen LogP contribution in [0.1, 0.15) is 11.1 Å². The summed E-state index contributed by atoms with van der Waals surface area (Å²) in [6.07, 6.45) is 1.50. The van der Waals surface area contributed by atoms with Crippen molar-refractivity contribution >= 4 is 50.8 Å². The largest absolute Gasteiger partial charge is 0.336 e. The van der Waals surface area contributed by atoms with Gasteiger partial charge in [-0.1, -0.05) is 30.0 Å². The number of nitrogens with zero attached hydrogens (tertiary/aromatic N) is 3. The highest BCUT2D eigenvalue weighted by Gasteiger charge is 2.16. The summed E-state index contributed by atoms with van der Waals surface area (Å²) in [6, 6.07) is 7.77. The van der Waals surface area contributed by atoms with Crippen molar-refractivity contribution in [1.82, 2.24) is 14.9 Å². The zero-order valence-corrected chi connectivity index (χ0v) is 17.0. The fourth-order valence-corrected chi connectivity index (χ4v) is 4.49. The van der Waals surface area contributed by atoms with E-state index in [1.165, 1.54) is 23.0 Å². The molecule has 0 radical (unpaired) electrons. The number of thioether (sulfide) groups is 1. The van der Waals surface area contributed by atoms with Gasteiger partial charge in [0.05, 0.1) is 22.5 Å². The maximum absolute atomic E-state index is 12.4. The number of rotatable bonds is 6. The number of thiophene rings is 1. The second-order valence-corrected chi connectivity index (χ2v) is 8.05. The molecule has 0 unspecified atom stereocenters. The smallest absolute Gasteiger partial charge is 0.243 e. The fourth-order valence-electron chi connectivity index (χ4n) is 2.60. The van der Waals surface area contributed by atoms with E-state index in [0.717, 1.165) is 32.1 Å². The number of hydrogen-bond acceptors (Lipinski definition) is 6. The van der Waals surface area contributed by atoms with E-state index < -0.39 is 0 Å². The number of nitrogens with one attached hydrogen (secondary N) is 1. The molecule has 27 heavy (non-hydrogen) atoms. The Balaban J connectivity index is 1.56. The van der Waals surface area contributed by atoms with Gasteiger partial charge in [-0.25, -0.2) is 9.97 Å². The number of anilines is 1. The van der Waals surface area contributed by atoms with E-state index in [4.69, 9.17) is 0 Å². The van der Waals surface area contributed by atoms with Gasteiger partial charge >= 0.3 is 0 Å². The number of carbonyl (C=O) groups excluding carboxylic acids is 2. The van der Waals surface area contributed by atoms with E-state index in [0.29, 0.717) is 0 Å². The van der Waals surface area contributed by atoms with E-state index in [-0.39, 0.29) is 24.1 Å². The standard InChI is InChI=1S/C19H20N4O2S2/c1-12-5-4-6-13(2)17(12)22-15(24)9-23(3)16(25)10-27-19-18-14(7-8-26-18)20-11-21-19/h4-8,11H,9-10H2,1-3H3,(H,22,24). The van der Waals surface area contributed by atoms with Gasteiger partial charge in [-0.3, -0.25) is 9.59 Å². The van der Waals surface area contributed by atoms with Gasteiger partial charge in [-0.15, -0.1) is 11.3 Å². The monoisotopic (exact) mass is 400 g/mol. The van der Waals surface area contributed by atoms with Crippen LogP contribution < -0.4 is 5.32 Å². The Morgan fingerprint density at radius 1 is 1.19 bits per heavy atom. The van der Waals surface area contributed by atoms with Gasteiger partial charge in [0.1, 0.15) is 11.4 Å². The highest BCUT2D eigenvalue weighted by molar-refractivity contribution is 8.00. The summed E-state index contributed by atoms with van der Waals surface area (Å²) >= 11 is 2.92. The molecule has 0 aliphatic rings. The molecule has 140 valence electrons. The maximum atomic E-state index is 12.4. The van der Waals surface area contributed by atoms with Gasteiger partial charge in [-0.05, 0) is 36.4 Å². The van der Waals surface area contributed by atoms with Crippen LogP contribution in [0.2, 0.25) is 0 Å². The van der Waals surface area contributed by atoms with Crippen molar-refractivity contribution in [3.05, 3.63) is 47.1 Å². The van der Waals surface area contributed by atoms with Crippen molar-refractivity contribution in [2.45, 2.75) is 18.9 Å². The summed E-state index contributed by atoms with van der Waals surface area (Å²) in [6.45, 7) is 3.90. The van der Waals surface area contributed by atoms with Crippen molar-refractivity contribution in [2.24, 2.45) is 0 Å². The molecule has 1 N–H and O–H groups in total. The Labute approximate surface area is 166 Å². The summed E-state index contributed by atoms with van der Waals surface area (Å²) in [7, 11) is 1.63. The molecule has 0 aliphatic carbocycles. The van der Waals surface area contributed by atoms with E-state index in [2.05, 4.69) is 15.3 Å². The normalized spacial score (nSPS) is 10.8. The first-order chi connectivity index (χ1) is 13.0. The van der Waals surface area contributed by atoms with Gasteiger partial charge in [0.2, 0.25) is 11.8 Å². The molecule has 2 heterocycles. The Kier molecular flexibility index (Phi) is 6.08. The third-order valence-corrected chi connectivity index (χ3v) is 6.11. The van der Waals surface area contributed by atoms with E-state index in [1.54, 1.807) is 18.4 Å². The Hall–Kier alpha value is -2.45. The summed E-state index contributed by atoms with van der Waals surface area (Å²) in [5.41, 5.74) is 3.68. The number of aromatic nitrogens is 2. The number of amides is 2.